The van der Waals surface area contributed by atoms with Crippen molar-refractivity contribution in [2.75, 3.05) is 0 Å². The average molecular weight is 290 g/mol. The molecular weight excluding hydrogens is 269 g/mol. The Morgan fingerprint density at radius 1 is 1.30 bits per heavy atom. The fourth-order valence-corrected chi connectivity index (χ4v) is 2.30. The quantitative estimate of drug-likeness (QED) is 0.909. The van der Waals surface area contributed by atoms with Crippen LogP contribution < -0.4 is 5.73 Å². The summed E-state index contributed by atoms with van der Waals surface area (Å²) in [7, 11) is 0. The summed E-state index contributed by atoms with van der Waals surface area (Å²) in [4.78, 5) is 0. The van der Waals surface area contributed by atoms with Crippen molar-refractivity contribution in [1.29, 1.82) is 0 Å². The largest absolute Gasteiger partial charge is 0.393 e. The fraction of sp³-hybridized carbons (Fsp3) is 0.846. The van der Waals surface area contributed by atoms with Crippen LogP contribution in [0.25, 0.3) is 0 Å². The zero-order chi connectivity index (χ0) is 15.1. The summed E-state index contributed by atoms with van der Waals surface area (Å²) in [5.41, 5.74) is 5.97. The van der Waals surface area contributed by atoms with Gasteiger partial charge in [-0.15, -0.1) is 10.2 Å². The molecule has 114 valence electrons. The van der Waals surface area contributed by atoms with E-state index in [9.17, 15) is 13.2 Å². The third kappa shape index (κ3) is 3.13. The van der Waals surface area contributed by atoms with Crippen molar-refractivity contribution < 1.29 is 13.2 Å². The van der Waals surface area contributed by atoms with Crippen LogP contribution in [0.1, 0.15) is 38.8 Å². The van der Waals surface area contributed by atoms with Gasteiger partial charge in [0.25, 0.3) is 0 Å². The molecule has 1 aliphatic heterocycles. The first-order valence-corrected chi connectivity index (χ1v) is 6.82. The monoisotopic (exact) mass is 290 g/mol. The molecule has 0 bridgehead atoms. The Hall–Kier alpha value is -1.11. The molecule has 0 saturated carbocycles. The molecule has 2 rings (SSSR count). The van der Waals surface area contributed by atoms with Crippen molar-refractivity contribution >= 4 is 0 Å². The molecule has 2 heterocycles. The molecule has 0 amide bonds. The van der Waals surface area contributed by atoms with Gasteiger partial charge in [-0.25, -0.2) is 0 Å². The first-order valence-electron chi connectivity index (χ1n) is 6.82. The van der Waals surface area contributed by atoms with Crippen molar-refractivity contribution in [1.82, 2.24) is 14.8 Å². The number of hydrogen-bond donors (Lipinski definition) is 1. The normalized spacial score (nSPS) is 21.6. The maximum Gasteiger partial charge on any atom is 0.393 e. The van der Waals surface area contributed by atoms with Gasteiger partial charge >= 0.3 is 6.18 Å². The summed E-state index contributed by atoms with van der Waals surface area (Å²) in [5.74, 6) is -0.103. The van der Waals surface area contributed by atoms with Gasteiger partial charge in [-0.2, -0.15) is 13.2 Å². The lowest BCUT2D eigenvalue weighted by molar-refractivity contribution is -0.182. The lowest BCUT2D eigenvalue weighted by atomic mass is 9.85. The van der Waals surface area contributed by atoms with Gasteiger partial charge in [-0.3, -0.25) is 0 Å². The molecule has 20 heavy (non-hydrogen) atoms. The Bertz CT molecular complexity index is 473. The lowest BCUT2D eigenvalue weighted by Crippen LogP contribution is -2.39. The molecule has 0 fully saturated rings. The second-order valence-corrected chi connectivity index (χ2v) is 6.60. The van der Waals surface area contributed by atoms with Crippen LogP contribution >= 0.6 is 0 Å². The van der Waals surface area contributed by atoms with E-state index >= 15 is 0 Å². The zero-order valence-electron chi connectivity index (χ0n) is 12.0. The number of aryl methyl sites for hydroxylation is 1. The molecule has 0 radical (unpaired) electrons. The van der Waals surface area contributed by atoms with Gasteiger partial charge in [0.05, 0.1) is 5.92 Å². The highest BCUT2D eigenvalue weighted by molar-refractivity contribution is 5.03. The van der Waals surface area contributed by atoms with Gasteiger partial charge in [0, 0.05) is 25.4 Å². The standard InChI is InChI=1S/C13H21F3N4/c1-12(2,3)9(17)6-11-19-18-10-5-4-8(7-20(10)11)13(14,15)16/h8-9H,4-7,17H2,1-3H3. The Kier molecular flexibility index (Phi) is 3.83. The van der Waals surface area contributed by atoms with Crippen molar-refractivity contribution in [3.8, 4) is 0 Å². The summed E-state index contributed by atoms with van der Waals surface area (Å²) in [6.07, 6.45) is -3.30. The van der Waals surface area contributed by atoms with Crippen LogP contribution in [0, 0.1) is 11.3 Å². The minimum atomic E-state index is -4.16. The van der Waals surface area contributed by atoms with Crippen molar-refractivity contribution in [2.24, 2.45) is 17.1 Å². The lowest BCUT2D eigenvalue weighted by Gasteiger charge is -2.29. The minimum Gasteiger partial charge on any atom is -0.327 e. The Morgan fingerprint density at radius 2 is 1.95 bits per heavy atom. The topological polar surface area (TPSA) is 56.7 Å². The molecule has 2 unspecified atom stereocenters. The predicted molar refractivity (Wildman–Crippen MR) is 69.0 cm³/mol. The van der Waals surface area contributed by atoms with Gasteiger partial charge in [0.2, 0.25) is 0 Å². The Balaban J connectivity index is 2.18. The maximum atomic E-state index is 12.8. The van der Waals surface area contributed by atoms with Gasteiger partial charge in [0.1, 0.15) is 11.6 Å². The van der Waals surface area contributed by atoms with E-state index in [1.165, 1.54) is 0 Å². The molecule has 2 N–H and O–H groups in total. The van der Waals surface area contributed by atoms with E-state index in [1.54, 1.807) is 4.57 Å². The molecule has 2 atom stereocenters. The summed E-state index contributed by atoms with van der Waals surface area (Å²) in [5, 5.41) is 8.03. The first-order chi connectivity index (χ1) is 9.09. The second kappa shape index (κ2) is 5.02. The number of halogens is 3. The van der Waals surface area contributed by atoms with Crippen LogP contribution in [0.3, 0.4) is 0 Å². The minimum absolute atomic E-state index is 0.0853. The third-order valence-electron chi connectivity index (χ3n) is 4.00. The number of rotatable bonds is 2. The van der Waals surface area contributed by atoms with Crippen molar-refractivity contribution in [2.45, 2.75) is 58.8 Å². The Labute approximate surface area is 116 Å². The second-order valence-electron chi connectivity index (χ2n) is 6.60. The average Bonchev–Trinajstić information content (AvgIpc) is 2.69. The number of nitrogens with zero attached hydrogens (tertiary/aromatic N) is 3. The van der Waals surface area contributed by atoms with Crippen molar-refractivity contribution in [3.05, 3.63) is 11.6 Å². The number of fused-ring (bicyclic) bond motifs is 1. The van der Waals surface area contributed by atoms with Gasteiger partial charge in [0.15, 0.2) is 0 Å². The van der Waals surface area contributed by atoms with Crippen LogP contribution in [0.2, 0.25) is 0 Å². The van der Waals surface area contributed by atoms with Crippen LogP contribution in [0.5, 0.6) is 0 Å². The fourth-order valence-electron chi connectivity index (χ4n) is 2.30. The molecular formula is C13H21F3N4. The smallest absolute Gasteiger partial charge is 0.327 e. The van der Waals surface area contributed by atoms with Crippen LogP contribution in [-0.4, -0.2) is 27.0 Å². The van der Waals surface area contributed by atoms with E-state index in [-0.39, 0.29) is 24.4 Å². The summed E-state index contributed by atoms with van der Waals surface area (Å²) in [6, 6.07) is -0.165. The molecule has 1 aromatic rings. The van der Waals surface area contributed by atoms with E-state index in [0.29, 0.717) is 24.5 Å². The van der Waals surface area contributed by atoms with Gasteiger partial charge < -0.3 is 10.3 Å². The molecule has 1 aliphatic rings. The number of alkyl halides is 3. The van der Waals surface area contributed by atoms with Gasteiger partial charge in [-0.1, -0.05) is 20.8 Å². The first kappa shape index (κ1) is 15.3. The molecule has 0 aromatic carbocycles. The molecule has 1 aromatic heterocycles. The number of nitrogens with two attached hydrogens (primary N) is 1. The zero-order valence-corrected chi connectivity index (χ0v) is 12.0. The third-order valence-corrected chi connectivity index (χ3v) is 4.00. The summed E-state index contributed by atoms with van der Waals surface area (Å²) >= 11 is 0. The highest BCUT2D eigenvalue weighted by atomic mass is 19.4. The highest BCUT2D eigenvalue weighted by Crippen LogP contribution is 2.34. The molecule has 7 heteroatoms. The molecule has 0 aliphatic carbocycles. The number of aromatic nitrogens is 3. The maximum absolute atomic E-state index is 12.8. The molecule has 0 spiro atoms. The Morgan fingerprint density at radius 3 is 2.50 bits per heavy atom. The van der Waals surface area contributed by atoms with Crippen LogP contribution in [-0.2, 0) is 19.4 Å². The van der Waals surface area contributed by atoms with E-state index < -0.39 is 12.1 Å². The van der Waals surface area contributed by atoms with E-state index in [4.69, 9.17) is 5.73 Å². The van der Waals surface area contributed by atoms with Crippen LogP contribution in [0.15, 0.2) is 0 Å². The summed E-state index contributed by atoms with van der Waals surface area (Å²) < 4.78 is 40.1. The van der Waals surface area contributed by atoms with Crippen molar-refractivity contribution in [3.63, 3.8) is 0 Å². The SMILES string of the molecule is CC(C)(C)C(N)Cc1nnc2n1CC(C(F)(F)F)CC2. The van der Waals surface area contributed by atoms with E-state index in [2.05, 4.69) is 10.2 Å². The number of hydrogen-bond acceptors (Lipinski definition) is 3. The summed E-state index contributed by atoms with van der Waals surface area (Å²) in [6.45, 7) is 5.93. The molecule has 0 saturated heterocycles. The van der Waals surface area contributed by atoms with E-state index in [1.807, 2.05) is 20.8 Å². The highest BCUT2D eigenvalue weighted by Gasteiger charge is 2.42. The van der Waals surface area contributed by atoms with E-state index in [0.717, 1.165) is 0 Å². The molecule has 4 nitrogen and oxygen atoms in total. The van der Waals surface area contributed by atoms with Crippen LogP contribution in [0.4, 0.5) is 13.2 Å². The predicted octanol–water partition coefficient (Wildman–Crippen LogP) is 2.32. The van der Waals surface area contributed by atoms with Gasteiger partial charge in [-0.05, 0) is 11.8 Å².